The molecule has 1 aliphatic carbocycles. The number of nitrogens with one attached hydrogen (secondary N) is 1. The molecule has 0 bridgehead atoms. The van der Waals surface area contributed by atoms with E-state index in [9.17, 15) is 4.79 Å². The van der Waals surface area contributed by atoms with Gasteiger partial charge in [0.1, 0.15) is 0 Å². The largest absolute Gasteiger partial charge is 0.369 e. The Balaban J connectivity index is 1.23. The minimum atomic E-state index is 0.0165. The molecule has 1 aliphatic heterocycles. The molecule has 1 saturated heterocycles. The van der Waals surface area contributed by atoms with Gasteiger partial charge in [0.05, 0.1) is 12.2 Å². The van der Waals surface area contributed by atoms with Crippen molar-refractivity contribution in [1.29, 1.82) is 0 Å². The van der Waals surface area contributed by atoms with Crippen LogP contribution in [0.2, 0.25) is 0 Å². The van der Waals surface area contributed by atoms with Crippen molar-refractivity contribution < 1.29 is 9.32 Å². The van der Waals surface area contributed by atoms with Crippen LogP contribution in [0.15, 0.2) is 40.9 Å². The van der Waals surface area contributed by atoms with Gasteiger partial charge in [-0.05, 0) is 41.7 Å². The highest BCUT2D eigenvalue weighted by molar-refractivity contribution is 5.77. The number of amides is 1. The highest BCUT2D eigenvalue weighted by Gasteiger charge is 2.48. The summed E-state index contributed by atoms with van der Waals surface area (Å²) in [4.78, 5) is 17.2. The van der Waals surface area contributed by atoms with Gasteiger partial charge in [0.2, 0.25) is 5.91 Å². The number of hydrogen-bond donors (Lipinski definition) is 1. The van der Waals surface area contributed by atoms with Crippen molar-refractivity contribution in [2.45, 2.75) is 66.5 Å². The fourth-order valence-electron chi connectivity index (χ4n) is 5.14. The highest BCUT2D eigenvalue weighted by Crippen LogP contribution is 2.48. The molecule has 1 N–H and O–H groups in total. The van der Waals surface area contributed by atoms with Gasteiger partial charge in [-0.2, -0.15) is 0 Å². The number of nitrogens with zero attached hydrogens (tertiary/aromatic N) is 3. The Morgan fingerprint density at radius 2 is 1.85 bits per heavy atom. The van der Waals surface area contributed by atoms with E-state index in [1.807, 2.05) is 0 Å². The Morgan fingerprint density at radius 1 is 1.15 bits per heavy atom. The average Bonchev–Trinajstić information content (AvgIpc) is 3.20. The molecule has 6 nitrogen and oxygen atoms in total. The van der Waals surface area contributed by atoms with E-state index in [2.05, 4.69) is 91.3 Å². The average molecular weight is 453 g/mol. The van der Waals surface area contributed by atoms with E-state index >= 15 is 0 Å². The van der Waals surface area contributed by atoms with Crippen LogP contribution in [0.3, 0.4) is 0 Å². The molecule has 2 aromatic rings. The molecule has 1 amide bonds. The molecule has 6 heteroatoms. The minimum Gasteiger partial charge on any atom is -0.369 e. The van der Waals surface area contributed by atoms with Gasteiger partial charge in [0, 0.05) is 50.4 Å². The van der Waals surface area contributed by atoms with Gasteiger partial charge < -0.3 is 14.7 Å². The normalized spacial score (nSPS) is 23.2. The summed E-state index contributed by atoms with van der Waals surface area (Å²) >= 11 is 0. The van der Waals surface area contributed by atoms with Crippen LogP contribution in [0.5, 0.6) is 0 Å². The lowest BCUT2D eigenvalue weighted by Crippen LogP contribution is -2.59. The van der Waals surface area contributed by atoms with Gasteiger partial charge in [-0.25, -0.2) is 0 Å². The molecular formula is C27H40N4O2. The molecule has 4 rings (SSSR count). The molecule has 1 aromatic heterocycles. The first-order chi connectivity index (χ1) is 15.6. The van der Waals surface area contributed by atoms with Crippen LogP contribution >= 0.6 is 0 Å². The van der Waals surface area contributed by atoms with E-state index in [0.717, 1.165) is 57.0 Å². The second-order valence-electron chi connectivity index (χ2n) is 11.7. The van der Waals surface area contributed by atoms with Crippen LogP contribution < -0.4 is 10.2 Å². The van der Waals surface area contributed by atoms with Crippen molar-refractivity contribution in [2.24, 2.45) is 16.7 Å². The van der Waals surface area contributed by atoms with E-state index in [0.29, 0.717) is 12.3 Å². The van der Waals surface area contributed by atoms with E-state index in [-0.39, 0.29) is 22.8 Å². The molecule has 0 unspecified atom stereocenters. The number of hydrogen-bond acceptors (Lipinski definition) is 5. The predicted octanol–water partition coefficient (Wildman–Crippen LogP) is 4.51. The summed E-state index contributed by atoms with van der Waals surface area (Å²) in [5.74, 6) is 1.62. The Kier molecular flexibility index (Phi) is 6.85. The Hall–Kier alpha value is -2.34. The fraction of sp³-hybridized carbons (Fsp3) is 0.630. The van der Waals surface area contributed by atoms with Gasteiger partial charge >= 0.3 is 0 Å². The number of rotatable bonds is 7. The van der Waals surface area contributed by atoms with E-state index < -0.39 is 0 Å². The number of piperazine rings is 1. The van der Waals surface area contributed by atoms with Crippen molar-refractivity contribution >= 4 is 11.6 Å². The monoisotopic (exact) mass is 452 g/mol. The number of carbonyl (C=O) groups excluding carboxylic acids is 1. The topological polar surface area (TPSA) is 61.6 Å². The summed E-state index contributed by atoms with van der Waals surface area (Å²) in [7, 11) is 0. The Morgan fingerprint density at radius 3 is 2.48 bits per heavy atom. The van der Waals surface area contributed by atoms with Crippen LogP contribution in [0.1, 0.15) is 58.9 Å². The van der Waals surface area contributed by atoms with Crippen LogP contribution in [0, 0.1) is 16.7 Å². The second-order valence-corrected chi connectivity index (χ2v) is 11.7. The molecular weight excluding hydrogens is 412 g/mol. The zero-order chi connectivity index (χ0) is 23.6. The molecule has 1 saturated carbocycles. The first kappa shape index (κ1) is 23.8. The predicted molar refractivity (Wildman–Crippen MR) is 132 cm³/mol. The molecule has 33 heavy (non-hydrogen) atoms. The lowest BCUT2D eigenvalue weighted by molar-refractivity contribution is -0.127. The van der Waals surface area contributed by atoms with E-state index in [4.69, 9.17) is 4.52 Å². The van der Waals surface area contributed by atoms with Gasteiger partial charge in [-0.15, -0.1) is 0 Å². The van der Waals surface area contributed by atoms with Crippen molar-refractivity contribution in [2.75, 3.05) is 31.1 Å². The Bertz CT molecular complexity index is 923. The number of anilines is 1. The minimum absolute atomic E-state index is 0.0165. The van der Waals surface area contributed by atoms with Gasteiger partial charge in [0.25, 0.3) is 0 Å². The van der Waals surface area contributed by atoms with E-state index in [1.165, 1.54) is 5.69 Å². The molecule has 180 valence electrons. The Labute approximate surface area is 198 Å². The van der Waals surface area contributed by atoms with Crippen LogP contribution in [0.25, 0.3) is 0 Å². The van der Waals surface area contributed by atoms with Gasteiger partial charge in [-0.1, -0.05) is 58.0 Å². The number of aromatic nitrogens is 1. The maximum Gasteiger partial charge on any atom is 0.220 e. The maximum atomic E-state index is 12.4. The lowest BCUT2D eigenvalue weighted by atomic mass is 9.57. The molecule has 2 atom stereocenters. The van der Waals surface area contributed by atoms with Crippen LogP contribution in [0.4, 0.5) is 5.69 Å². The first-order valence-corrected chi connectivity index (χ1v) is 12.4. The summed E-state index contributed by atoms with van der Waals surface area (Å²) in [5, 5.41) is 7.63. The third-order valence-corrected chi connectivity index (χ3v) is 7.43. The third-order valence-electron chi connectivity index (χ3n) is 7.43. The van der Waals surface area contributed by atoms with Gasteiger partial charge in [0.15, 0.2) is 5.76 Å². The fourth-order valence-corrected chi connectivity index (χ4v) is 5.14. The number of para-hydroxylation sites is 1. The van der Waals surface area contributed by atoms with Crippen molar-refractivity contribution in [3.8, 4) is 0 Å². The lowest BCUT2D eigenvalue weighted by Gasteiger charge is -2.52. The summed E-state index contributed by atoms with van der Waals surface area (Å²) in [6.45, 7) is 15.8. The highest BCUT2D eigenvalue weighted by atomic mass is 16.5. The van der Waals surface area contributed by atoms with Crippen molar-refractivity contribution in [3.63, 3.8) is 0 Å². The zero-order valence-corrected chi connectivity index (χ0v) is 20.9. The maximum absolute atomic E-state index is 12.4. The molecule has 2 heterocycles. The summed E-state index contributed by atoms with van der Waals surface area (Å²) in [6.07, 6.45) is 2.48. The molecule has 2 aliphatic rings. The first-order valence-electron chi connectivity index (χ1n) is 12.4. The summed E-state index contributed by atoms with van der Waals surface area (Å²) in [6, 6.07) is 13.0. The molecule has 0 radical (unpaired) electrons. The van der Waals surface area contributed by atoms with Crippen molar-refractivity contribution in [3.05, 3.63) is 47.9 Å². The number of benzene rings is 1. The van der Waals surface area contributed by atoms with E-state index in [1.54, 1.807) is 0 Å². The molecule has 0 spiro atoms. The standard InChI is InChI=1S/C27H40N4O2/c1-26(2,3)18-25(32)28-24-16-20(27(24,4)5)15-21-17-23(33-29-21)19-30-11-13-31(14-12-30)22-9-7-6-8-10-22/h6-10,17,20,24H,11-16,18-19H2,1-5H3,(H,28,32)/t20-,24+/m1/s1. The van der Waals surface area contributed by atoms with Crippen LogP contribution in [-0.4, -0.2) is 48.2 Å². The number of carbonyl (C=O) groups is 1. The summed E-state index contributed by atoms with van der Waals surface area (Å²) in [5.41, 5.74) is 2.42. The molecule has 2 fully saturated rings. The van der Waals surface area contributed by atoms with Crippen molar-refractivity contribution in [1.82, 2.24) is 15.4 Å². The third kappa shape index (κ3) is 5.97. The zero-order valence-electron chi connectivity index (χ0n) is 20.9. The SMILES string of the molecule is CC(C)(C)CC(=O)N[C@H]1C[C@@H](Cc2cc(CN3CCN(c4ccccc4)CC3)on2)C1(C)C. The summed E-state index contributed by atoms with van der Waals surface area (Å²) < 4.78 is 5.69. The second kappa shape index (κ2) is 9.49. The quantitative estimate of drug-likeness (QED) is 0.670. The van der Waals surface area contributed by atoms with Crippen LogP contribution in [-0.2, 0) is 17.8 Å². The molecule has 1 aromatic carbocycles. The van der Waals surface area contributed by atoms with Gasteiger partial charge in [-0.3, -0.25) is 9.69 Å². The smallest absolute Gasteiger partial charge is 0.220 e.